The van der Waals surface area contributed by atoms with Crippen molar-refractivity contribution in [1.29, 1.82) is 0 Å². The predicted octanol–water partition coefficient (Wildman–Crippen LogP) is 3.97. The van der Waals surface area contributed by atoms with Crippen LogP contribution in [-0.2, 0) is 10.0 Å². The number of non-ortho nitro benzene ring substituents is 1. The highest BCUT2D eigenvalue weighted by molar-refractivity contribution is 7.89. The lowest BCUT2D eigenvalue weighted by atomic mass is 9.73. The number of aromatic nitrogens is 1. The number of para-hydroxylation sites is 1. The molecule has 0 spiro atoms. The van der Waals surface area contributed by atoms with Gasteiger partial charge in [0.15, 0.2) is 4.90 Å². The van der Waals surface area contributed by atoms with Crippen LogP contribution in [-0.4, -0.2) is 47.3 Å². The molecule has 1 N–H and O–H groups in total. The molecule has 2 aromatic carbocycles. The average Bonchev–Trinajstić information content (AvgIpc) is 2.91. The van der Waals surface area contributed by atoms with Gasteiger partial charge in [0.2, 0.25) is 10.0 Å². The van der Waals surface area contributed by atoms with E-state index in [1.807, 2.05) is 30.3 Å². The normalized spacial score (nSPS) is 24.0. The maximum Gasteiger partial charge on any atom is 0.296 e. The minimum atomic E-state index is -4.46. The van der Waals surface area contributed by atoms with Gasteiger partial charge in [-0.3, -0.25) is 30.1 Å². The fourth-order valence-corrected chi connectivity index (χ4v) is 7.08. The van der Waals surface area contributed by atoms with E-state index >= 15 is 0 Å². The zero-order valence-electron chi connectivity index (χ0n) is 19.8. The molecule has 0 saturated carbocycles. The van der Waals surface area contributed by atoms with Crippen molar-refractivity contribution in [2.45, 2.75) is 29.8 Å². The maximum atomic E-state index is 13.7. The second-order valence-corrected chi connectivity index (χ2v) is 11.1. The molecule has 2 bridgehead atoms. The number of benzene rings is 2. The second-order valence-electron chi connectivity index (χ2n) is 9.43. The Labute approximate surface area is 213 Å². The van der Waals surface area contributed by atoms with E-state index in [4.69, 9.17) is 0 Å². The first-order valence-electron chi connectivity index (χ1n) is 11.8. The summed E-state index contributed by atoms with van der Waals surface area (Å²) < 4.78 is 30.1. The van der Waals surface area contributed by atoms with E-state index in [0.717, 1.165) is 43.5 Å². The highest BCUT2D eigenvalue weighted by Crippen LogP contribution is 2.43. The van der Waals surface area contributed by atoms with Gasteiger partial charge in [0.25, 0.3) is 11.4 Å². The fourth-order valence-electron chi connectivity index (χ4n) is 5.68. The molecule has 37 heavy (non-hydrogen) atoms. The summed E-state index contributed by atoms with van der Waals surface area (Å²) in [5.74, 6) is 0.661. The van der Waals surface area contributed by atoms with E-state index in [1.54, 1.807) is 12.3 Å². The number of hydrogen-bond donors (Lipinski definition) is 1. The summed E-state index contributed by atoms with van der Waals surface area (Å²) in [6.45, 7) is 5.51. The first kappa shape index (κ1) is 24.9. The van der Waals surface area contributed by atoms with Gasteiger partial charge in [0, 0.05) is 30.2 Å². The summed E-state index contributed by atoms with van der Waals surface area (Å²) >= 11 is 0. The Bertz CT molecular complexity index is 1510. The number of nitrogens with one attached hydrogen (secondary N) is 1. The van der Waals surface area contributed by atoms with Crippen molar-refractivity contribution in [2.75, 3.05) is 13.1 Å². The van der Waals surface area contributed by atoms with Crippen molar-refractivity contribution >= 4 is 32.3 Å². The Morgan fingerprint density at radius 3 is 2.59 bits per heavy atom. The fraction of sp³-hybridized carbons (Fsp3) is 0.320. The van der Waals surface area contributed by atoms with Gasteiger partial charge in [0.05, 0.1) is 27.5 Å². The Morgan fingerprint density at radius 2 is 1.92 bits per heavy atom. The maximum absolute atomic E-state index is 13.7. The third-order valence-corrected chi connectivity index (χ3v) is 8.97. The van der Waals surface area contributed by atoms with Crippen molar-refractivity contribution in [1.82, 2.24) is 14.6 Å². The molecule has 5 atom stereocenters. The quantitative estimate of drug-likeness (QED) is 0.265. The second kappa shape index (κ2) is 9.61. The lowest BCUT2D eigenvalue weighted by Crippen LogP contribution is -2.57. The summed E-state index contributed by atoms with van der Waals surface area (Å²) in [7, 11) is -4.46. The molecular formula is C25H25N5O6S. The lowest BCUT2D eigenvalue weighted by Gasteiger charge is -2.51. The van der Waals surface area contributed by atoms with Crippen molar-refractivity contribution < 1.29 is 18.3 Å². The van der Waals surface area contributed by atoms with Crippen LogP contribution in [0.1, 0.15) is 24.4 Å². The number of rotatable bonds is 8. The Hall–Kier alpha value is -3.74. The minimum absolute atomic E-state index is 0.201. The van der Waals surface area contributed by atoms with E-state index in [9.17, 15) is 28.6 Å². The summed E-state index contributed by atoms with van der Waals surface area (Å²) in [6, 6.07) is 10.8. The Balaban J connectivity index is 1.61. The molecule has 3 fully saturated rings. The molecule has 11 nitrogen and oxygen atoms in total. The van der Waals surface area contributed by atoms with Gasteiger partial charge < -0.3 is 0 Å². The molecule has 4 heterocycles. The number of pyridine rings is 1. The van der Waals surface area contributed by atoms with E-state index in [1.165, 1.54) is 0 Å². The van der Waals surface area contributed by atoms with Crippen LogP contribution in [0.5, 0.6) is 0 Å². The molecule has 192 valence electrons. The zero-order chi connectivity index (χ0) is 26.3. The van der Waals surface area contributed by atoms with Gasteiger partial charge in [-0.25, -0.2) is 13.1 Å². The van der Waals surface area contributed by atoms with Gasteiger partial charge in [-0.2, -0.15) is 0 Å². The lowest BCUT2D eigenvalue weighted by molar-refractivity contribution is -0.396. The molecule has 1 aromatic heterocycles. The number of hydrogen-bond acceptors (Lipinski definition) is 8. The smallest absolute Gasteiger partial charge is 0.296 e. The van der Waals surface area contributed by atoms with E-state index in [-0.39, 0.29) is 6.04 Å². The van der Waals surface area contributed by atoms with Crippen LogP contribution >= 0.6 is 0 Å². The molecule has 3 aliphatic heterocycles. The number of fused-ring (bicyclic) bond motifs is 4. The van der Waals surface area contributed by atoms with E-state index in [2.05, 4.69) is 21.2 Å². The summed E-state index contributed by atoms with van der Waals surface area (Å²) in [6.07, 6.45) is 5.28. The van der Waals surface area contributed by atoms with Crippen LogP contribution in [0.3, 0.4) is 0 Å². The summed E-state index contributed by atoms with van der Waals surface area (Å²) in [5.41, 5.74) is 0.00243. The Kier molecular flexibility index (Phi) is 6.48. The largest absolute Gasteiger partial charge is 0.298 e. The van der Waals surface area contributed by atoms with Crippen LogP contribution in [0.2, 0.25) is 0 Å². The molecule has 6 rings (SSSR count). The average molecular weight is 524 g/mol. The standard InChI is InChI=1S/C25H25N5O6S/c1-2-16-15-28-12-10-17(16)13-23(28)25(20-9-11-26-21-6-4-3-5-19(20)21)27-37(35,36)24-8-7-18(29(31)32)14-22(24)30(33)34/h2-9,11,14,16-17,23,25,27H,1,10,12-13,15H2/t16-,17-,23+,25+/m0/s1. The topological polar surface area (TPSA) is 149 Å². The van der Waals surface area contributed by atoms with Crippen LogP contribution < -0.4 is 4.72 Å². The highest BCUT2D eigenvalue weighted by Gasteiger charge is 2.44. The molecule has 0 amide bonds. The number of nitrogens with zero attached hydrogens (tertiary/aromatic N) is 4. The predicted molar refractivity (Wildman–Crippen MR) is 136 cm³/mol. The van der Waals surface area contributed by atoms with Gasteiger partial charge in [0.1, 0.15) is 0 Å². The third kappa shape index (κ3) is 4.59. The van der Waals surface area contributed by atoms with E-state index in [0.29, 0.717) is 29.0 Å². The number of nitro groups is 2. The number of sulfonamides is 1. The van der Waals surface area contributed by atoms with Crippen LogP contribution in [0.25, 0.3) is 10.9 Å². The summed E-state index contributed by atoms with van der Waals surface area (Å²) in [4.78, 5) is 27.2. The van der Waals surface area contributed by atoms with E-state index < -0.39 is 42.2 Å². The molecule has 3 saturated heterocycles. The van der Waals surface area contributed by atoms with Crippen LogP contribution in [0.4, 0.5) is 11.4 Å². The Morgan fingerprint density at radius 1 is 1.14 bits per heavy atom. The third-order valence-electron chi connectivity index (χ3n) is 7.48. The number of nitro benzene ring substituents is 2. The van der Waals surface area contributed by atoms with Crippen LogP contribution in [0, 0.1) is 32.1 Å². The molecule has 0 radical (unpaired) electrons. The monoisotopic (exact) mass is 523 g/mol. The zero-order valence-corrected chi connectivity index (χ0v) is 20.6. The molecule has 3 aliphatic rings. The minimum Gasteiger partial charge on any atom is -0.298 e. The van der Waals surface area contributed by atoms with Crippen molar-refractivity contribution in [2.24, 2.45) is 11.8 Å². The highest BCUT2D eigenvalue weighted by atomic mass is 32.2. The van der Waals surface area contributed by atoms with Crippen molar-refractivity contribution in [3.8, 4) is 0 Å². The first-order valence-corrected chi connectivity index (χ1v) is 13.3. The van der Waals surface area contributed by atoms with Gasteiger partial charge in [-0.05, 0) is 55.0 Å². The number of piperidine rings is 3. The van der Waals surface area contributed by atoms with Gasteiger partial charge >= 0.3 is 0 Å². The van der Waals surface area contributed by atoms with Gasteiger partial charge in [-0.1, -0.05) is 24.3 Å². The molecule has 12 heteroatoms. The first-order chi connectivity index (χ1) is 17.7. The van der Waals surface area contributed by atoms with Gasteiger partial charge in [-0.15, -0.1) is 6.58 Å². The summed E-state index contributed by atoms with van der Waals surface area (Å²) in [5, 5.41) is 23.6. The molecule has 3 aromatic rings. The molecular weight excluding hydrogens is 498 g/mol. The van der Waals surface area contributed by atoms with Crippen molar-refractivity contribution in [3.63, 3.8) is 0 Å². The molecule has 1 unspecified atom stereocenters. The molecule has 0 aliphatic carbocycles. The van der Waals surface area contributed by atoms with Crippen molar-refractivity contribution in [3.05, 3.63) is 93.2 Å². The van der Waals surface area contributed by atoms with Crippen LogP contribution in [0.15, 0.2) is 72.3 Å². The SMILES string of the molecule is C=C[C@H]1CN2CC[C@H]1C[C@@H]2[C@H](NS(=O)(=O)c1ccc([N+](=O)[O-])cc1[N+](=O)[O-])c1ccnc2ccccc12.